The Balaban J connectivity index is 2.77. The van der Waals surface area contributed by atoms with Crippen molar-refractivity contribution in [1.29, 1.82) is 0 Å². The van der Waals surface area contributed by atoms with Crippen LogP contribution >= 0.6 is 12.2 Å². The SMILES string of the molecule is COC(=O)Cc1ccccc1NC(=S)NCN. The Kier molecular flexibility index (Phi) is 5.38. The smallest absolute Gasteiger partial charge is 0.310 e. The van der Waals surface area contributed by atoms with Gasteiger partial charge in [-0.05, 0) is 23.8 Å². The molecule has 0 aliphatic rings. The number of methoxy groups -OCH3 is 1. The van der Waals surface area contributed by atoms with Crippen molar-refractivity contribution in [3.8, 4) is 0 Å². The molecule has 0 atom stereocenters. The lowest BCUT2D eigenvalue weighted by Crippen LogP contribution is -2.33. The molecule has 0 heterocycles. The number of nitrogens with one attached hydrogen (secondary N) is 2. The van der Waals surface area contributed by atoms with Crippen LogP contribution in [0.1, 0.15) is 5.56 Å². The monoisotopic (exact) mass is 253 g/mol. The minimum absolute atomic E-state index is 0.199. The Labute approximate surface area is 105 Å². The Morgan fingerprint density at radius 1 is 1.47 bits per heavy atom. The van der Waals surface area contributed by atoms with Gasteiger partial charge in [0.2, 0.25) is 0 Å². The predicted octanol–water partition coefficient (Wildman–Crippen LogP) is 0.605. The molecular formula is C11H15N3O2S. The Hall–Kier alpha value is -1.66. The molecule has 0 fully saturated rings. The van der Waals surface area contributed by atoms with Crippen molar-refractivity contribution in [2.45, 2.75) is 6.42 Å². The zero-order valence-electron chi connectivity index (χ0n) is 9.53. The van der Waals surface area contributed by atoms with Crippen LogP contribution in [0.5, 0.6) is 0 Å². The maximum atomic E-state index is 11.2. The number of esters is 1. The van der Waals surface area contributed by atoms with E-state index >= 15 is 0 Å². The largest absolute Gasteiger partial charge is 0.469 e. The van der Waals surface area contributed by atoms with Gasteiger partial charge in [-0.2, -0.15) is 0 Å². The van der Waals surface area contributed by atoms with Crippen LogP contribution in [0.4, 0.5) is 5.69 Å². The molecule has 0 saturated heterocycles. The number of benzene rings is 1. The maximum absolute atomic E-state index is 11.2. The third-order valence-electron chi connectivity index (χ3n) is 2.09. The molecule has 0 aromatic heterocycles. The first kappa shape index (κ1) is 13.4. The average Bonchev–Trinajstić information content (AvgIpc) is 2.31. The van der Waals surface area contributed by atoms with E-state index in [2.05, 4.69) is 15.4 Å². The summed E-state index contributed by atoms with van der Waals surface area (Å²) < 4.78 is 4.63. The normalized spacial score (nSPS) is 9.53. The fraction of sp³-hybridized carbons (Fsp3) is 0.273. The summed E-state index contributed by atoms with van der Waals surface area (Å²) in [5.74, 6) is -0.294. The van der Waals surface area contributed by atoms with Crippen LogP contribution in [0.2, 0.25) is 0 Å². The summed E-state index contributed by atoms with van der Waals surface area (Å²) in [5, 5.41) is 6.17. The van der Waals surface area contributed by atoms with Crippen LogP contribution in [-0.4, -0.2) is 24.9 Å². The Bertz CT molecular complexity index is 409. The second-order valence-corrected chi connectivity index (χ2v) is 3.65. The molecule has 17 heavy (non-hydrogen) atoms. The van der Waals surface area contributed by atoms with Gasteiger partial charge >= 0.3 is 5.97 Å². The van der Waals surface area contributed by atoms with Gasteiger partial charge in [-0.25, -0.2) is 0 Å². The van der Waals surface area contributed by atoms with Crippen LogP contribution in [0, 0.1) is 0 Å². The maximum Gasteiger partial charge on any atom is 0.310 e. The number of ether oxygens (including phenoxy) is 1. The summed E-state index contributed by atoms with van der Waals surface area (Å²) in [6.07, 6.45) is 0.199. The summed E-state index contributed by atoms with van der Waals surface area (Å²) in [6, 6.07) is 7.38. The Morgan fingerprint density at radius 2 is 2.18 bits per heavy atom. The summed E-state index contributed by atoms with van der Waals surface area (Å²) in [7, 11) is 1.36. The summed E-state index contributed by atoms with van der Waals surface area (Å²) in [5.41, 5.74) is 6.90. The van der Waals surface area contributed by atoms with Gasteiger partial charge in [0.25, 0.3) is 0 Å². The topological polar surface area (TPSA) is 76.4 Å². The Morgan fingerprint density at radius 3 is 2.82 bits per heavy atom. The first-order chi connectivity index (χ1) is 8.17. The fourth-order valence-electron chi connectivity index (χ4n) is 1.28. The van der Waals surface area contributed by atoms with Gasteiger partial charge in [0.15, 0.2) is 5.11 Å². The molecule has 0 aliphatic carbocycles. The van der Waals surface area contributed by atoms with Crippen molar-refractivity contribution in [2.75, 3.05) is 19.1 Å². The molecular weight excluding hydrogens is 238 g/mol. The van der Waals surface area contributed by atoms with E-state index in [1.54, 1.807) is 0 Å². The number of nitrogens with two attached hydrogens (primary N) is 1. The van der Waals surface area contributed by atoms with E-state index in [0.29, 0.717) is 5.11 Å². The van der Waals surface area contributed by atoms with Gasteiger partial charge in [0.05, 0.1) is 20.2 Å². The minimum Gasteiger partial charge on any atom is -0.469 e. The molecule has 4 N–H and O–H groups in total. The second-order valence-electron chi connectivity index (χ2n) is 3.25. The fourth-order valence-corrected chi connectivity index (χ4v) is 1.48. The van der Waals surface area contributed by atoms with Gasteiger partial charge in [-0.1, -0.05) is 18.2 Å². The zero-order valence-corrected chi connectivity index (χ0v) is 10.3. The lowest BCUT2D eigenvalue weighted by Gasteiger charge is -2.12. The molecule has 1 aromatic carbocycles. The molecule has 1 rings (SSSR count). The van der Waals surface area contributed by atoms with E-state index < -0.39 is 0 Å². The molecule has 5 nitrogen and oxygen atoms in total. The molecule has 1 aromatic rings. The summed E-state index contributed by atoms with van der Waals surface area (Å²) >= 11 is 5.02. The zero-order chi connectivity index (χ0) is 12.7. The molecule has 92 valence electrons. The van der Waals surface area contributed by atoms with Crippen LogP contribution in [0.25, 0.3) is 0 Å². The number of hydrogen-bond donors (Lipinski definition) is 3. The van der Waals surface area contributed by atoms with Crippen molar-refractivity contribution in [3.05, 3.63) is 29.8 Å². The average molecular weight is 253 g/mol. The third kappa shape index (κ3) is 4.38. The highest BCUT2D eigenvalue weighted by molar-refractivity contribution is 7.80. The van der Waals surface area contributed by atoms with Crippen molar-refractivity contribution in [3.63, 3.8) is 0 Å². The number of carbonyl (C=O) groups excluding carboxylic acids is 1. The molecule has 0 spiro atoms. The molecule has 0 saturated carbocycles. The highest BCUT2D eigenvalue weighted by Crippen LogP contribution is 2.15. The van der Waals surface area contributed by atoms with Gasteiger partial charge in [-0.15, -0.1) is 0 Å². The first-order valence-corrected chi connectivity index (χ1v) is 5.48. The lowest BCUT2D eigenvalue weighted by atomic mass is 10.1. The highest BCUT2D eigenvalue weighted by Gasteiger charge is 2.08. The molecule has 0 bridgehead atoms. The first-order valence-electron chi connectivity index (χ1n) is 5.07. The van der Waals surface area contributed by atoms with Gasteiger partial charge < -0.3 is 21.1 Å². The number of para-hydroxylation sites is 1. The van der Waals surface area contributed by atoms with E-state index in [9.17, 15) is 4.79 Å². The third-order valence-corrected chi connectivity index (χ3v) is 2.34. The standard InChI is InChI=1S/C11H15N3O2S/c1-16-10(15)6-8-4-2-3-5-9(8)14-11(17)13-7-12/h2-5H,6-7,12H2,1H3,(H2,13,14,17). The van der Waals surface area contributed by atoms with Crippen molar-refractivity contribution < 1.29 is 9.53 Å². The van der Waals surface area contributed by atoms with E-state index in [4.69, 9.17) is 18.0 Å². The molecule has 0 radical (unpaired) electrons. The molecule has 0 unspecified atom stereocenters. The number of thiocarbonyl (C=S) groups is 1. The second kappa shape index (κ2) is 6.82. The van der Waals surface area contributed by atoms with Crippen molar-refractivity contribution in [2.24, 2.45) is 5.73 Å². The summed E-state index contributed by atoms with van der Waals surface area (Å²) in [6.45, 7) is 0.255. The van der Waals surface area contributed by atoms with Gasteiger partial charge in [-0.3, -0.25) is 4.79 Å². The number of carbonyl (C=O) groups is 1. The highest BCUT2D eigenvalue weighted by atomic mass is 32.1. The number of anilines is 1. The molecule has 0 amide bonds. The van der Waals surface area contributed by atoms with Crippen LogP contribution in [0.3, 0.4) is 0 Å². The van der Waals surface area contributed by atoms with Crippen LogP contribution in [0.15, 0.2) is 24.3 Å². The predicted molar refractivity (Wildman–Crippen MR) is 70.6 cm³/mol. The number of hydrogen-bond acceptors (Lipinski definition) is 4. The molecule has 6 heteroatoms. The number of rotatable bonds is 4. The van der Waals surface area contributed by atoms with Crippen molar-refractivity contribution in [1.82, 2.24) is 5.32 Å². The van der Waals surface area contributed by atoms with Crippen molar-refractivity contribution >= 4 is 29.0 Å². The van der Waals surface area contributed by atoms with Crippen LogP contribution in [-0.2, 0) is 16.0 Å². The van der Waals surface area contributed by atoms with E-state index in [1.807, 2.05) is 24.3 Å². The lowest BCUT2D eigenvalue weighted by molar-refractivity contribution is -0.139. The summed E-state index contributed by atoms with van der Waals surface area (Å²) in [4.78, 5) is 11.2. The molecule has 0 aliphatic heterocycles. The quantitative estimate of drug-likeness (QED) is 0.414. The van der Waals surface area contributed by atoms with E-state index in [0.717, 1.165) is 11.3 Å². The van der Waals surface area contributed by atoms with Crippen LogP contribution < -0.4 is 16.4 Å². The van der Waals surface area contributed by atoms with Gasteiger partial charge in [0.1, 0.15) is 0 Å². The minimum atomic E-state index is -0.294. The van der Waals surface area contributed by atoms with Gasteiger partial charge in [0, 0.05) is 5.69 Å². The van der Waals surface area contributed by atoms with E-state index in [1.165, 1.54) is 7.11 Å². The van der Waals surface area contributed by atoms with E-state index in [-0.39, 0.29) is 19.1 Å².